The maximum Gasteiger partial charge on any atom is 0.403 e. The Morgan fingerprint density at radius 2 is 1.64 bits per heavy atom. The molecule has 0 heterocycles. The summed E-state index contributed by atoms with van der Waals surface area (Å²) in [6, 6.07) is 0. The Kier molecular flexibility index (Phi) is 8.14. The van der Waals surface area contributed by atoms with E-state index in [2.05, 4.69) is 34.6 Å². The summed E-state index contributed by atoms with van der Waals surface area (Å²) in [5.41, 5.74) is 0.561. The fourth-order valence-corrected chi connectivity index (χ4v) is 10.1. The average Bonchev–Trinajstić information content (AvgIpc) is 3.12. The highest BCUT2D eigenvalue weighted by atomic mass is 35.5. The molecule has 4 fully saturated rings. The SMILES string of the molecule is CC(C)[C@H](CCOC(=O)Cl)CC[C@@H](C)[C@H]1CC[C@H]2[C@@H]3CCC4CCCC[C@]4(C)[C@H]3CC[C@]12C. The van der Waals surface area contributed by atoms with Crippen molar-refractivity contribution in [2.75, 3.05) is 6.61 Å². The standard InChI is InChI=1S/C30H51ClO2/c1-20(2)22(16-19-33-28(31)32)10-9-21(3)25-13-14-26-24-12-11-23-8-6-7-17-29(23,4)27(24)15-18-30(25,26)5/h20-27H,6-19H2,1-5H3/t21-,22+,23?,24+,25-,26+,27+,29+,30-/m1/s1. The third kappa shape index (κ3) is 5.03. The monoisotopic (exact) mass is 478 g/mol. The summed E-state index contributed by atoms with van der Waals surface area (Å²) in [5.74, 6) is 6.97. The summed E-state index contributed by atoms with van der Waals surface area (Å²) in [6.45, 7) is 13.1. The van der Waals surface area contributed by atoms with Crippen LogP contribution in [0.3, 0.4) is 0 Å². The van der Waals surface area contributed by atoms with E-state index < -0.39 is 5.43 Å². The normalized spacial score (nSPS) is 42.2. The van der Waals surface area contributed by atoms with Crippen LogP contribution in [0.4, 0.5) is 4.79 Å². The van der Waals surface area contributed by atoms with Gasteiger partial charge in [0, 0.05) is 11.6 Å². The molecule has 4 aliphatic rings. The molecule has 0 aliphatic heterocycles. The second-order valence-corrected chi connectivity index (χ2v) is 13.9. The van der Waals surface area contributed by atoms with Gasteiger partial charge in [-0.3, -0.25) is 0 Å². The van der Waals surface area contributed by atoms with Gasteiger partial charge >= 0.3 is 5.43 Å². The van der Waals surface area contributed by atoms with Gasteiger partial charge in [-0.2, -0.15) is 0 Å². The molecule has 3 heteroatoms. The first-order valence-electron chi connectivity index (χ1n) is 14.5. The first-order valence-corrected chi connectivity index (χ1v) is 14.9. The summed E-state index contributed by atoms with van der Waals surface area (Å²) < 4.78 is 5.04. The minimum Gasteiger partial charge on any atom is -0.454 e. The summed E-state index contributed by atoms with van der Waals surface area (Å²) in [4.78, 5) is 10.9. The number of fused-ring (bicyclic) bond motifs is 5. The van der Waals surface area contributed by atoms with Gasteiger partial charge in [0.15, 0.2) is 0 Å². The minimum atomic E-state index is -0.664. The van der Waals surface area contributed by atoms with Crippen LogP contribution in [0.15, 0.2) is 0 Å². The lowest BCUT2D eigenvalue weighted by Crippen LogP contribution is -2.53. The van der Waals surface area contributed by atoms with Gasteiger partial charge in [0.1, 0.15) is 0 Å². The lowest BCUT2D eigenvalue weighted by molar-refractivity contribution is -0.114. The van der Waals surface area contributed by atoms with E-state index in [0.29, 0.717) is 29.3 Å². The van der Waals surface area contributed by atoms with Crippen molar-refractivity contribution in [2.24, 2.45) is 58.2 Å². The summed E-state index contributed by atoms with van der Waals surface area (Å²) in [5, 5.41) is 0. The molecular weight excluding hydrogens is 428 g/mol. The van der Waals surface area contributed by atoms with Gasteiger partial charge in [-0.25, -0.2) is 4.79 Å². The van der Waals surface area contributed by atoms with Crippen molar-refractivity contribution in [3.8, 4) is 0 Å². The fraction of sp³-hybridized carbons (Fsp3) is 0.967. The molecule has 9 atom stereocenters. The molecule has 4 rings (SSSR count). The highest BCUT2D eigenvalue weighted by molar-refractivity contribution is 6.61. The highest BCUT2D eigenvalue weighted by Gasteiger charge is 2.60. The molecule has 0 N–H and O–H groups in total. The van der Waals surface area contributed by atoms with Crippen molar-refractivity contribution in [2.45, 2.75) is 118 Å². The number of carbonyl (C=O) groups is 1. The van der Waals surface area contributed by atoms with Gasteiger partial charge in [-0.05, 0) is 122 Å². The topological polar surface area (TPSA) is 26.3 Å². The first-order chi connectivity index (χ1) is 15.7. The number of ether oxygens (including phenoxy) is 1. The average molecular weight is 479 g/mol. The summed E-state index contributed by atoms with van der Waals surface area (Å²) in [7, 11) is 0. The van der Waals surface area contributed by atoms with E-state index in [1.54, 1.807) is 0 Å². The third-order valence-corrected chi connectivity index (χ3v) is 12.1. The Morgan fingerprint density at radius 3 is 2.36 bits per heavy atom. The van der Waals surface area contributed by atoms with E-state index in [1.165, 1.54) is 77.0 Å². The van der Waals surface area contributed by atoms with Gasteiger partial charge < -0.3 is 4.74 Å². The minimum absolute atomic E-state index is 0.464. The molecule has 0 saturated heterocycles. The van der Waals surface area contributed by atoms with E-state index in [9.17, 15) is 4.79 Å². The predicted octanol–water partition coefficient (Wildman–Crippen LogP) is 9.49. The lowest BCUT2D eigenvalue weighted by atomic mass is 9.44. The number of halogens is 1. The van der Waals surface area contributed by atoms with Gasteiger partial charge in [0.2, 0.25) is 0 Å². The molecule has 1 unspecified atom stereocenters. The number of hydrogen-bond acceptors (Lipinski definition) is 2. The second-order valence-electron chi connectivity index (χ2n) is 13.6. The molecule has 0 bridgehead atoms. The summed E-state index contributed by atoms with van der Waals surface area (Å²) >= 11 is 5.37. The number of hydrogen-bond donors (Lipinski definition) is 0. The van der Waals surface area contributed by atoms with E-state index in [-0.39, 0.29) is 0 Å². The molecule has 0 radical (unpaired) electrons. The molecule has 33 heavy (non-hydrogen) atoms. The predicted molar refractivity (Wildman–Crippen MR) is 138 cm³/mol. The van der Waals surface area contributed by atoms with Crippen LogP contribution in [0.1, 0.15) is 118 Å². The molecular formula is C30H51ClO2. The van der Waals surface area contributed by atoms with Crippen molar-refractivity contribution in [3.05, 3.63) is 0 Å². The molecule has 4 aliphatic carbocycles. The fourth-order valence-electron chi connectivity index (χ4n) is 10.1. The maximum atomic E-state index is 10.9. The van der Waals surface area contributed by atoms with Crippen molar-refractivity contribution < 1.29 is 9.53 Å². The van der Waals surface area contributed by atoms with Gasteiger partial charge in [0.25, 0.3) is 0 Å². The molecule has 0 aromatic carbocycles. The molecule has 0 spiro atoms. The molecule has 190 valence electrons. The van der Waals surface area contributed by atoms with Crippen LogP contribution in [0, 0.1) is 58.2 Å². The van der Waals surface area contributed by atoms with E-state index in [0.717, 1.165) is 41.9 Å². The Balaban J connectivity index is 1.37. The van der Waals surface area contributed by atoms with Crippen molar-refractivity contribution >= 4 is 17.0 Å². The van der Waals surface area contributed by atoms with Crippen LogP contribution >= 0.6 is 11.6 Å². The van der Waals surface area contributed by atoms with Crippen LogP contribution in [0.5, 0.6) is 0 Å². The van der Waals surface area contributed by atoms with Crippen LogP contribution in [-0.4, -0.2) is 12.0 Å². The molecule has 4 saturated carbocycles. The van der Waals surface area contributed by atoms with E-state index >= 15 is 0 Å². The maximum absolute atomic E-state index is 10.9. The quantitative estimate of drug-likeness (QED) is 0.324. The van der Waals surface area contributed by atoms with Gasteiger partial charge in [0.05, 0.1) is 6.61 Å². The number of rotatable bonds is 8. The molecule has 0 aromatic rings. The van der Waals surface area contributed by atoms with E-state index in [1.807, 2.05) is 0 Å². The van der Waals surface area contributed by atoms with Crippen LogP contribution in [0.25, 0.3) is 0 Å². The van der Waals surface area contributed by atoms with Crippen LogP contribution in [-0.2, 0) is 4.74 Å². The van der Waals surface area contributed by atoms with Crippen LogP contribution in [0.2, 0.25) is 0 Å². The summed E-state index contributed by atoms with van der Waals surface area (Å²) in [6.07, 6.45) is 18.5. The number of carbonyl (C=O) groups excluding carboxylic acids is 1. The van der Waals surface area contributed by atoms with Gasteiger partial charge in [-0.15, -0.1) is 0 Å². The largest absolute Gasteiger partial charge is 0.454 e. The Bertz CT molecular complexity index is 676. The zero-order valence-electron chi connectivity index (χ0n) is 22.2. The third-order valence-electron chi connectivity index (χ3n) is 12.0. The lowest BCUT2D eigenvalue weighted by Gasteiger charge is -2.61. The second kappa shape index (κ2) is 10.4. The van der Waals surface area contributed by atoms with Crippen molar-refractivity contribution in [1.82, 2.24) is 0 Å². The highest BCUT2D eigenvalue weighted by Crippen LogP contribution is 2.68. The zero-order valence-corrected chi connectivity index (χ0v) is 23.0. The van der Waals surface area contributed by atoms with Crippen molar-refractivity contribution in [3.63, 3.8) is 0 Å². The molecule has 0 aromatic heterocycles. The zero-order chi connectivity index (χ0) is 23.8. The van der Waals surface area contributed by atoms with Crippen LogP contribution < -0.4 is 0 Å². The first kappa shape index (κ1) is 25.8. The van der Waals surface area contributed by atoms with Gasteiger partial charge in [-0.1, -0.05) is 53.9 Å². The molecule has 2 nitrogen and oxygen atoms in total. The Labute approximate surface area is 209 Å². The smallest absolute Gasteiger partial charge is 0.403 e. The Morgan fingerprint density at radius 1 is 0.879 bits per heavy atom. The van der Waals surface area contributed by atoms with Crippen molar-refractivity contribution in [1.29, 1.82) is 0 Å². The van der Waals surface area contributed by atoms with E-state index in [4.69, 9.17) is 16.3 Å². The Hall–Kier alpha value is -0.240. The molecule has 0 amide bonds.